The molecular weight excluding hydrogens is 422 g/mol. The highest BCUT2D eigenvalue weighted by atomic mass is 16.7. The van der Waals surface area contributed by atoms with Crippen LogP contribution in [0.15, 0.2) is 34.3 Å². The van der Waals surface area contributed by atoms with Crippen molar-refractivity contribution in [1.82, 2.24) is 5.06 Å². The van der Waals surface area contributed by atoms with E-state index >= 15 is 0 Å². The first-order valence-electron chi connectivity index (χ1n) is 11.9. The van der Waals surface area contributed by atoms with E-state index in [1.807, 2.05) is 32.0 Å². The Morgan fingerprint density at radius 1 is 0.970 bits per heavy atom. The normalized spacial score (nSPS) is 15.1. The summed E-state index contributed by atoms with van der Waals surface area (Å²) in [5.41, 5.74) is 11.4. The number of para-hydroxylation sites is 1. The zero-order valence-corrected chi connectivity index (χ0v) is 20.2. The Hall–Kier alpha value is -2.81. The molecule has 1 aliphatic heterocycles. The van der Waals surface area contributed by atoms with Gasteiger partial charge in [-0.3, -0.25) is 4.84 Å². The van der Waals surface area contributed by atoms with E-state index in [0.717, 1.165) is 25.7 Å². The van der Waals surface area contributed by atoms with Gasteiger partial charge in [-0.2, -0.15) is 10.1 Å². The minimum Gasteiger partial charge on any atom is -0.493 e. The number of hydroxylamine groups is 2. The minimum absolute atomic E-state index is 0.172. The third kappa shape index (κ3) is 8.92. The van der Waals surface area contributed by atoms with Crippen molar-refractivity contribution in [1.29, 1.82) is 0 Å². The zero-order chi connectivity index (χ0) is 24.1. The number of benzene rings is 1. The highest BCUT2D eigenvalue weighted by Crippen LogP contribution is 2.21. The first kappa shape index (κ1) is 26.4. The lowest BCUT2D eigenvalue weighted by atomic mass is 10.1. The molecule has 0 bridgehead atoms. The van der Waals surface area contributed by atoms with E-state index < -0.39 is 5.66 Å². The van der Waals surface area contributed by atoms with Gasteiger partial charge in [0.1, 0.15) is 11.3 Å². The summed E-state index contributed by atoms with van der Waals surface area (Å²) >= 11 is 0. The Morgan fingerprint density at radius 2 is 1.58 bits per heavy atom. The summed E-state index contributed by atoms with van der Waals surface area (Å²) in [5.74, 6) is 0.661. The Balaban J connectivity index is 1.48. The first-order valence-corrected chi connectivity index (χ1v) is 11.9. The second-order valence-corrected chi connectivity index (χ2v) is 8.46. The van der Waals surface area contributed by atoms with E-state index in [0.29, 0.717) is 31.1 Å². The van der Waals surface area contributed by atoms with Crippen LogP contribution in [0, 0.1) is 0 Å². The lowest BCUT2D eigenvalue weighted by Gasteiger charge is -2.36. The van der Waals surface area contributed by atoms with Crippen LogP contribution in [-0.4, -0.2) is 48.4 Å². The molecule has 0 aromatic heterocycles. The molecule has 9 nitrogen and oxygen atoms in total. The maximum absolute atomic E-state index is 12.0. The predicted octanol–water partition coefficient (Wildman–Crippen LogP) is 3.98. The molecule has 1 aromatic carbocycles. The fourth-order valence-electron chi connectivity index (χ4n) is 3.59. The van der Waals surface area contributed by atoms with Gasteiger partial charge in [-0.25, -0.2) is 9.79 Å². The number of guanidine groups is 2. The lowest BCUT2D eigenvalue weighted by Crippen LogP contribution is -2.53. The third-order valence-electron chi connectivity index (χ3n) is 5.22. The predicted molar refractivity (Wildman–Crippen MR) is 130 cm³/mol. The van der Waals surface area contributed by atoms with Gasteiger partial charge in [0.2, 0.25) is 11.9 Å². The summed E-state index contributed by atoms with van der Waals surface area (Å²) < 4.78 is 10.9. The Morgan fingerprint density at radius 3 is 2.21 bits per heavy atom. The van der Waals surface area contributed by atoms with Crippen LogP contribution in [0.1, 0.15) is 82.5 Å². The van der Waals surface area contributed by atoms with Gasteiger partial charge in [0.25, 0.3) is 0 Å². The molecule has 0 unspecified atom stereocenters. The quantitative estimate of drug-likeness (QED) is 0.299. The van der Waals surface area contributed by atoms with E-state index in [9.17, 15) is 4.79 Å². The summed E-state index contributed by atoms with van der Waals surface area (Å²) in [5, 5.41) is 1.52. The van der Waals surface area contributed by atoms with E-state index in [2.05, 4.69) is 9.98 Å². The highest BCUT2D eigenvalue weighted by molar-refractivity contribution is 5.95. The van der Waals surface area contributed by atoms with Gasteiger partial charge in [-0.05, 0) is 45.7 Å². The van der Waals surface area contributed by atoms with E-state index in [4.69, 9.17) is 25.8 Å². The number of unbranched alkanes of at least 4 members (excludes halogenated alkanes) is 7. The molecule has 0 aliphatic carbocycles. The van der Waals surface area contributed by atoms with Crippen LogP contribution in [0.25, 0.3) is 0 Å². The number of hydrogen-bond acceptors (Lipinski definition) is 9. The maximum Gasteiger partial charge on any atom is 0.341 e. The van der Waals surface area contributed by atoms with Crippen LogP contribution in [0.5, 0.6) is 5.75 Å². The smallest absolute Gasteiger partial charge is 0.341 e. The van der Waals surface area contributed by atoms with Crippen molar-refractivity contribution in [3.63, 3.8) is 0 Å². The molecule has 4 N–H and O–H groups in total. The SMILES string of the molecule is CCOC(=O)c1ccccc1OCCCCCCCCCCON1C(N)=NC(N)=NC1(C)C. The molecular formula is C24H39N5O4. The molecule has 0 fully saturated rings. The van der Waals surface area contributed by atoms with Crippen molar-refractivity contribution in [3.8, 4) is 5.75 Å². The molecule has 1 aromatic rings. The van der Waals surface area contributed by atoms with Crippen molar-refractivity contribution in [2.45, 2.75) is 77.8 Å². The molecule has 0 radical (unpaired) electrons. The number of ether oxygens (including phenoxy) is 2. The number of nitrogens with zero attached hydrogens (tertiary/aromatic N) is 3. The van der Waals surface area contributed by atoms with Gasteiger partial charge in [0.05, 0.1) is 19.8 Å². The maximum atomic E-state index is 12.0. The molecule has 184 valence electrons. The number of aliphatic imine (C=N–C) groups is 2. The van der Waals surface area contributed by atoms with Crippen LogP contribution in [0.4, 0.5) is 0 Å². The van der Waals surface area contributed by atoms with Crippen molar-refractivity contribution in [2.75, 3.05) is 19.8 Å². The van der Waals surface area contributed by atoms with Crippen molar-refractivity contribution in [3.05, 3.63) is 29.8 Å². The molecule has 9 heteroatoms. The molecule has 1 aliphatic rings. The Labute approximate surface area is 197 Å². The standard InChI is InChI=1S/C24H39N5O4/c1-4-31-21(30)19-15-11-12-16-20(19)32-17-13-9-7-5-6-8-10-14-18-33-29-23(26)27-22(25)28-24(29,2)3/h11-12,15-16H,4-10,13-14,17-18H2,1-3H3,(H4,25,26,27,28). The summed E-state index contributed by atoms with van der Waals surface area (Å²) in [6, 6.07) is 7.22. The molecule has 1 heterocycles. The van der Waals surface area contributed by atoms with Gasteiger partial charge >= 0.3 is 5.97 Å². The topological polar surface area (TPSA) is 125 Å². The summed E-state index contributed by atoms with van der Waals surface area (Å²) in [6.07, 6.45) is 8.87. The number of esters is 1. The molecule has 0 saturated heterocycles. The van der Waals surface area contributed by atoms with Gasteiger partial charge in [-0.15, -0.1) is 0 Å². The van der Waals surface area contributed by atoms with Gasteiger partial charge in [0.15, 0.2) is 5.66 Å². The van der Waals surface area contributed by atoms with Gasteiger partial charge in [0, 0.05) is 0 Å². The fourth-order valence-corrected chi connectivity index (χ4v) is 3.59. The average Bonchev–Trinajstić information content (AvgIpc) is 2.75. The molecule has 0 atom stereocenters. The fraction of sp³-hybridized carbons (Fsp3) is 0.625. The van der Waals surface area contributed by atoms with Gasteiger partial charge < -0.3 is 20.9 Å². The number of carbonyl (C=O) groups is 1. The summed E-state index contributed by atoms with van der Waals surface area (Å²) in [7, 11) is 0. The summed E-state index contributed by atoms with van der Waals surface area (Å²) in [4.78, 5) is 26.0. The first-order chi connectivity index (χ1) is 15.8. The minimum atomic E-state index is -0.652. The number of nitrogens with two attached hydrogens (primary N) is 2. The molecule has 33 heavy (non-hydrogen) atoms. The lowest BCUT2D eigenvalue weighted by molar-refractivity contribution is -0.157. The highest BCUT2D eigenvalue weighted by Gasteiger charge is 2.32. The van der Waals surface area contributed by atoms with Crippen LogP contribution < -0.4 is 16.2 Å². The van der Waals surface area contributed by atoms with Gasteiger partial charge in [-0.1, -0.05) is 50.7 Å². The Kier molecular flexibility index (Phi) is 11.0. The largest absolute Gasteiger partial charge is 0.493 e. The van der Waals surface area contributed by atoms with E-state index in [1.165, 1.54) is 30.7 Å². The third-order valence-corrected chi connectivity index (χ3v) is 5.22. The molecule has 0 amide bonds. The number of rotatable bonds is 15. The monoisotopic (exact) mass is 461 g/mol. The van der Waals surface area contributed by atoms with Crippen LogP contribution >= 0.6 is 0 Å². The second-order valence-electron chi connectivity index (χ2n) is 8.46. The Bertz CT molecular complexity index is 810. The van der Waals surface area contributed by atoms with Crippen LogP contribution in [-0.2, 0) is 9.57 Å². The van der Waals surface area contributed by atoms with Crippen LogP contribution in [0.2, 0.25) is 0 Å². The van der Waals surface area contributed by atoms with E-state index in [-0.39, 0.29) is 17.9 Å². The van der Waals surface area contributed by atoms with Crippen LogP contribution in [0.3, 0.4) is 0 Å². The average molecular weight is 462 g/mol. The van der Waals surface area contributed by atoms with E-state index in [1.54, 1.807) is 13.0 Å². The zero-order valence-electron chi connectivity index (χ0n) is 20.2. The second kappa shape index (κ2) is 13.7. The van der Waals surface area contributed by atoms with Crippen molar-refractivity contribution < 1.29 is 19.1 Å². The molecule has 0 saturated carbocycles. The summed E-state index contributed by atoms with van der Waals surface area (Å²) in [6.45, 7) is 7.08. The van der Waals surface area contributed by atoms with Crippen molar-refractivity contribution in [2.24, 2.45) is 21.5 Å². The van der Waals surface area contributed by atoms with Crippen molar-refractivity contribution >= 4 is 17.9 Å². The number of carbonyl (C=O) groups excluding carboxylic acids is 1. The number of hydrogen-bond donors (Lipinski definition) is 2. The molecule has 0 spiro atoms. The molecule has 2 rings (SSSR count).